The standard InChI is InChI=1S/C14H19N5O2/c1-11-10-12-14(16-4-5-19(12)17-11)15-3-2-13(20)18-6-8-21-9-7-18/h4-5,10H,2-3,6-9H2,1H3,(H,15,16). The molecule has 1 amide bonds. The van der Waals surface area contributed by atoms with Gasteiger partial charge in [-0.1, -0.05) is 0 Å². The van der Waals surface area contributed by atoms with Gasteiger partial charge in [-0.3, -0.25) is 4.79 Å². The zero-order chi connectivity index (χ0) is 14.7. The van der Waals surface area contributed by atoms with E-state index in [-0.39, 0.29) is 5.91 Å². The monoisotopic (exact) mass is 289 g/mol. The predicted molar refractivity (Wildman–Crippen MR) is 78.2 cm³/mol. The lowest BCUT2D eigenvalue weighted by molar-refractivity contribution is -0.134. The van der Waals surface area contributed by atoms with Crippen LogP contribution in [0.5, 0.6) is 0 Å². The molecule has 3 rings (SSSR count). The maximum absolute atomic E-state index is 12.0. The molecule has 7 nitrogen and oxygen atoms in total. The smallest absolute Gasteiger partial charge is 0.224 e. The Labute approximate surface area is 122 Å². The number of amides is 1. The van der Waals surface area contributed by atoms with E-state index in [0.29, 0.717) is 39.3 Å². The van der Waals surface area contributed by atoms with E-state index in [1.807, 2.05) is 24.1 Å². The number of aryl methyl sites for hydroxylation is 1. The second-order valence-electron chi connectivity index (χ2n) is 5.06. The number of aromatic nitrogens is 3. The molecule has 0 aliphatic carbocycles. The fourth-order valence-electron chi connectivity index (χ4n) is 2.44. The van der Waals surface area contributed by atoms with E-state index in [2.05, 4.69) is 15.4 Å². The van der Waals surface area contributed by atoms with Crippen LogP contribution in [0.3, 0.4) is 0 Å². The molecule has 1 aliphatic rings. The molecule has 0 unspecified atom stereocenters. The minimum absolute atomic E-state index is 0.155. The summed E-state index contributed by atoms with van der Waals surface area (Å²) in [5.41, 5.74) is 1.87. The number of carbonyl (C=O) groups excluding carboxylic acids is 1. The summed E-state index contributed by atoms with van der Waals surface area (Å²) in [6.45, 7) is 5.15. The first-order valence-electron chi connectivity index (χ1n) is 7.14. The average Bonchev–Trinajstić information content (AvgIpc) is 2.89. The van der Waals surface area contributed by atoms with Gasteiger partial charge in [-0.05, 0) is 13.0 Å². The highest BCUT2D eigenvalue weighted by Gasteiger charge is 2.16. The molecule has 1 N–H and O–H groups in total. The van der Waals surface area contributed by atoms with Gasteiger partial charge >= 0.3 is 0 Å². The Hall–Kier alpha value is -2.15. The highest BCUT2D eigenvalue weighted by atomic mass is 16.5. The third kappa shape index (κ3) is 3.13. The van der Waals surface area contributed by atoms with Gasteiger partial charge in [0.05, 0.1) is 18.9 Å². The van der Waals surface area contributed by atoms with Gasteiger partial charge in [-0.15, -0.1) is 0 Å². The van der Waals surface area contributed by atoms with Crippen LogP contribution >= 0.6 is 0 Å². The van der Waals surface area contributed by atoms with Crippen molar-refractivity contribution in [1.29, 1.82) is 0 Å². The van der Waals surface area contributed by atoms with Gasteiger partial charge in [-0.2, -0.15) is 5.10 Å². The van der Waals surface area contributed by atoms with Crippen molar-refractivity contribution in [3.05, 3.63) is 24.2 Å². The van der Waals surface area contributed by atoms with Gasteiger partial charge < -0.3 is 15.0 Å². The quantitative estimate of drug-likeness (QED) is 0.897. The lowest BCUT2D eigenvalue weighted by atomic mass is 10.3. The molecule has 1 fully saturated rings. The molecular formula is C14H19N5O2. The number of rotatable bonds is 4. The molecule has 2 aromatic heterocycles. The fraction of sp³-hybridized carbons (Fsp3) is 0.500. The Morgan fingerprint density at radius 3 is 3.05 bits per heavy atom. The van der Waals surface area contributed by atoms with Crippen LogP contribution in [-0.4, -0.2) is 58.3 Å². The molecule has 2 aromatic rings. The summed E-state index contributed by atoms with van der Waals surface area (Å²) in [6.07, 6.45) is 3.97. The second-order valence-corrected chi connectivity index (χ2v) is 5.06. The molecule has 21 heavy (non-hydrogen) atoms. The van der Waals surface area contributed by atoms with Gasteiger partial charge in [0.2, 0.25) is 5.91 Å². The highest BCUT2D eigenvalue weighted by Crippen LogP contribution is 2.14. The molecule has 0 saturated carbocycles. The minimum atomic E-state index is 0.155. The first kappa shape index (κ1) is 13.8. The van der Waals surface area contributed by atoms with Crippen molar-refractivity contribution in [1.82, 2.24) is 19.5 Å². The zero-order valence-corrected chi connectivity index (χ0v) is 12.1. The van der Waals surface area contributed by atoms with Crippen molar-refractivity contribution in [2.45, 2.75) is 13.3 Å². The summed E-state index contributed by atoms with van der Waals surface area (Å²) in [5.74, 6) is 0.912. The van der Waals surface area contributed by atoms with Crippen molar-refractivity contribution < 1.29 is 9.53 Å². The topological polar surface area (TPSA) is 71.8 Å². The molecule has 0 spiro atoms. The van der Waals surface area contributed by atoms with Crippen LogP contribution in [0.25, 0.3) is 5.52 Å². The number of hydrogen-bond acceptors (Lipinski definition) is 5. The van der Waals surface area contributed by atoms with Crippen LogP contribution in [0.1, 0.15) is 12.1 Å². The Bertz CT molecular complexity index is 633. The summed E-state index contributed by atoms with van der Waals surface area (Å²) in [5, 5.41) is 7.56. The molecule has 3 heterocycles. The first-order valence-corrected chi connectivity index (χ1v) is 7.14. The van der Waals surface area contributed by atoms with Crippen molar-refractivity contribution in [3.63, 3.8) is 0 Å². The maximum Gasteiger partial charge on any atom is 0.224 e. The number of nitrogens with zero attached hydrogens (tertiary/aromatic N) is 4. The largest absolute Gasteiger partial charge is 0.378 e. The van der Waals surface area contributed by atoms with E-state index in [4.69, 9.17) is 4.74 Å². The summed E-state index contributed by atoms with van der Waals surface area (Å²) in [6, 6.07) is 1.97. The van der Waals surface area contributed by atoms with Crippen LogP contribution in [0.4, 0.5) is 5.82 Å². The lowest BCUT2D eigenvalue weighted by Crippen LogP contribution is -2.41. The second kappa shape index (κ2) is 6.09. The van der Waals surface area contributed by atoms with E-state index in [1.165, 1.54) is 0 Å². The van der Waals surface area contributed by atoms with E-state index in [0.717, 1.165) is 17.0 Å². The van der Waals surface area contributed by atoms with Crippen LogP contribution in [0.2, 0.25) is 0 Å². The zero-order valence-electron chi connectivity index (χ0n) is 12.1. The minimum Gasteiger partial charge on any atom is -0.378 e. The van der Waals surface area contributed by atoms with E-state index in [9.17, 15) is 4.79 Å². The average molecular weight is 289 g/mol. The van der Waals surface area contributed by atoms with E-state index in [1.54, 1.807) is 10.7 Å². The Balaban J connectivity index is 1.58. The summed E-state index contributed by atoms with van der Waals surface area (Å²) < 4.78 is 7.03. The van der Waals surface area contributed by atoms with Gasteiger partial charge in [0.1, 0.15) is 5.52 Å². The maximum atomic E-state index is 12.0. The van der Waals surface area contributed by atoms with Crippen molar-refractivity contribution in [2.24, 2.45) is 0 Å². The lowest BCUT2D eigenvalue weighted by Gasteiger charge is -2.26. The van der Waals surface area contributed by atoms with Crippen molar-refractivity contribution in [3.8, 4) is 0 Å². The van der Waals surface area contributed by atoms with Crippen LogP contribution in [-0.2, 0) is 9.53 Å². The molecule has 0 aromatic carbocycles. The molecule has 0 radical (unpaired) electrons. The van der Waals surface area contributed by atoms with Crippen molar-refractivity contribution in [2.75, 3.05) is 38.2 Å². The highest BCUT2D eigenvalue weighted by molar-refractivity contribution is 5.77. The number of ether oxygens (including phenoxy) is 1. The molecule has 112 valence electrons. The number of hydrogen-bond donors (Lipinski definition) is 1. The third-order valence-corrected chi connectivity index (χ3v) is 3.51. The first-order chi connectivity index (χ1) is 10.2. The number of fused-ring (bicyclic) bond motifs is 1. The van der Waals surface area contributed by atoms with Crippen LogP contribution in [0.15, 0.2) is 18.5 Å². The number of nitrogens with one attached hydrogen (secondary N) is 1. The van der Waals surface area contributed by atoms with Gasteiger partial charge in [0.15, 0.2) is 5.82 Å². The Morgan fingerprint density at radius 1 is 1.43 bits per heavy atom. The molecular weight excluding hydrogens is 270 g/mol. The van der Waals surface area contributed by atoms with E-state index < -0.39 is 0 Å². The number of morpholine rings is 1. The van der Waals surface area contributed by atoms with Crippen molar-refractivity contribution >= 4 is 17.2 Å². The Morgan fingerprint density at radius 2 is 2.24 bits per heavy atom. The number of carbonyl (C=O) groups is 1. The molecule has 0 bridgehead atoms. The van der Waals surface area contributed by atoms with E-state index >= 15 is 0 Å². The van der Waals surface area contributed by atoms with Gasteiger partial charge in [-0.25, -0.2) is 9.50 Å². The summed E-state index contributed by atoms with van der Waals surface area (Å²) in [4.78, 5) is 18.2. The predicted octanol–water partition coefficient (Wildman–Crippen LogP) is 0.699. The third-order valence-electron chi connectivity index (χ3n) is 3.51. The Kier molecular flexibility index (Phi) is 4.01. The van der Waals surface area contributed by atoms with Crippen LogP contribution in [0, 0.1) is 6.92 Å². The van der Waals surface area contributed by atoms with Gasteiger partial charge in [0, 0.05) is 38.4 Å². The molecule has 7 heteroatoms. The summed E-state index contributed by atoms with van der Waals surface area (Å²) in [7, 11) is 0. The SMILES string of the molecule is Cc1cc2c(NCCC(=O)N3CCOCC3)nccn2n1. The molecule has 1 aliphatic heterocycles. The van der Waals surface area contributed by atoms with Crippen LogP contribution < -0.4 is 5.32 Å². The van der Waals surface area contributed by atoms with Gasteiger partial charge in [0.25, 0.3) is 0 Å². The molecule has 0 atom stereocenters. The number of anilines is 1. The summed E-state index contributed by atoms with van der Waals surface area (Å²) >= 11 is 0. The normalized spacial score (nSPS) is 15.4. The fourth-order valence-corrected chi connectivity index (χ4v) is 2.44. The molecule has 1 saturated heterocycles.